The minimum atomic E-state index is -0.299. The summed E-state index contributed by atoms with van der Waals surface area (Å²) in [7, 11) is 3.32. The van der Waals surface area contributed by atoms with Crippen molar-refractivity contribution >= 4 is 66.6 Å². The Kier molecular flexibility index (Phi) is 7.41. The number of carbonyl (C=O) groups excluding carboxylic acids is 1. The lowest BCUT2D eigenvalue weighted by Gasteiger charge is -2.16. The van der Waals surface area contributed by atoms with Crippen molar-refractivity contribution in [3.05, 3.63) is 99.0 Å². The van der Waals surface area contributed by atoms with Crippen molar-refractivity contribution < 1.29 is 9.53 Å². The lowest BCUT2D eigenvalue weighted by molar-refractivity contribution is -0.140. The van der Waals surface area contributed by atoms with Crippen LogP contribution in [0.3, 0.4) is 0 Å². The maximum absolute atomic E-state index is 15.0. The second-order valence-corrected chi connectivity index (χ2v) is 14.4. The van der Waals surface area contributed by atoms with Gasteiger partial charge in [-0.15, -0.1) is 0 Å². The third kappa shape index (κ3) is 4.86. The Morgan fingerprint density at radius 3 is 2.43 bits per heavy atom. The van der Waals surface area contributed by atoms with Gasteiger partial charge in [0.05, 0.1) is 57.3 Å². The monoisotopic (exact) mass is 704 g/mol. The van der Waals surface area contributed by atoms with Crippen molar-refractivity contribution in [2.75, 3.05) is 7.11 Å². The van der Waals surface area contributed by atoms with Crippen molar-refractivity contribution in [2.45, 2.75) is 65.7 Å². The molecular formula is C42H40N8O3. The summed E-state index contributed by atoms with van der Waals surface area (Å²) in [5.41, 5.74) is 14.6. The highest BCUT2D eigenvalue weighted by atomic mass is 16.5. The first kappa shape index (κ1) is 32.8. The van der Waals surface area contributed by atoms with Crippen molar-refractivity contribution in [1.82, 2.24) is 39.1 Å². The average Bonchev–Trinajstić information content (AvgIpc) is 3.98. The van der Waals surface area contributed by atoms with E-state index in [9.17, 15) is 4.79 Å². The first-order valence-electron chi connectivity index (χ1n) is 18.2. The maximum Gasteiger partial charge on any atom is 0.305 e. The minimum absolute atomic E-state index is 0.112. The van der Waals surface area contributed by atoms with E-state index >= 15 is 4.79 Å². The number of benzene rings is 1. The molecule has 0 spiro atoms. The number of fused-ring (bicyclic) bond motifs is 12. The van der Waals surface area contributed by atoms with Gasteiger partial charge >= 0.3 is 5.97 Å². The molecule has 266 valence electrons. The van der Waals surface area contributed by atoms with E-state index in [1.807, 2.05) is 48.3 Å². The van der Waals surface area contributed by atoms with Gasteiger partial charge in [-0.3, -0.25) is 23.7 Å². The van der Waals surface area contributed by atoms with Gasteiger partial charge in [-0.2, -0.15) is 5.10 Å². The van der Waals surface area contributed by atoms with Gasteiger partial charge in [-0.05, 0) is 92.3 Å². The lowest BCUT2D eigenvalue weighted by atomic mass is 9.86. The van der Waals surface area contributed by atoms with Crippen LogP contribution >= 0.6 is 0 Å². The third-order valence-corrected chi connectivity index (χ3v) is 11.4. The van der Waals surface area contributed by atoms with E-state index in [4.69, 9.17) is 24.8 Å². The third-order valence-electron chi connectivity index (χ3n) is 11.4. The van der Waals surface area contributed by atoms with Crippen LogP contribution in [0.2, 0.25) is 0 Å². The van der Waals surface area contributed by atoms with E-state index < -0.39 is 0 Å². The highest BCUT2D eigenvalue weighted by molar-refractivity contribution is 6.11. The topological polar surface area (TPSA) is 136 Å². The van der Waals surface area contributed by atoms with Gasteiger partial charge in [0.1, 0.15) is 0 Å². The van der Waals surface area contributed by atoms with Gasteiger partial charge in [0.2, 0.25) is 0 Å². The maximum atomic E-state index is 15.0. The zero-order chi connectivity index (χ0) is 36.9. The Balaban J connectivity index is 1.50. The fourth-order valence-corrected chi connectivity index (χ4v) is 8.54. The van der Waals surface area contributed by atoms with Crippen LogP contribution in [0, 0.1) is 13.8 Å². The van der Waals surface area contributed by atoms with E-state index in [2.05, 4.69) is 62.8 Å². The highest BCUT2D eigenvalue weighted by Crippen LogP contribution is 2.44. The number of imidazole rings is 1. The molecule has 53 heavy (non-hydrogen) atoms. The van der Waals surface area contributed by atoms with Crippen LogP contribution in [0.4, 0.5) is 0 Å². The molecule has 0 amide bonds. The van der Waals surface area contributed by atoms with Crippen molar-refractivity contribution in [3.8, 4) is 11.3 Å². The van der Waals surface area contributed by atoms with Gasteiger partial charge in [-0.1, -0.05) is 26.0 Å². The number of hydrogen-bond donors (Lipinski definition) is 2. The molecule has 2 atom stereocenters. The Labute approximate surface area is 304 Å². The summed E-state index contributed by atoms with van der Waals surface area (Å²) in [5.74, 6) is -0.647. The van der Waals surface area contributed by atoms with Crippen LogP contribution in [0.15, 0.2) is 59.5 Å². The molecule has 8 heterocycles. The lowest BCUT2D eigenvalue weighted by Crippen LogP contribution is -2.16. The molecule has 6 aromatic heterocycles. The standard InChI is InChI=1S/C42H40N8O3/c1-8-24-20(2)28-19-33-36(27-15-16-49(6)48-27)22(4)30(44-33)17-29-21(3)25(13-14-35(51)53-7)39(45-29)38-40-37(23(5)31(46-40)18-32(24)43-28)41-47-26-11-9-10-12-34(26)50(41)42(38)52/h9-12,15-19,21,25,44,46H,8,13-14H2,1-7H3/t21-,25-/m0/s1. The number of para-hydroxylation sites is 2. The Morgan fingerprint density at radius 1 is 0.906 bits per heavy atom. The fraction of sp³-hybridized carbons (Fsp3) is 0.286. The first-order valence-corrected chi connectivity index (χ1v) is 18.2. The molecule has 2 aliphatic heterocycles. The molecule has 0 saturated heterocycles. The highest BCUT2D eigenvalue weighted by Gasteiger charge is 2.33. The second-order valence-electron chi connectivity index (χ2n) is 14.4. The van der Waals surface area contributed by atoms with Gasteiger partial charge < -0.3 is 14.7 Å². The SMILES string of the molecule is CCC1=C(C)c2cc3[nH]c(cc4nc(c5c(=O)n6c7ccccc7nc6c6c(C)c(cc1n2)[nH]c56)[C@@H](CCC(=O)OC)[C@@H]4C)c(C)c3-c1ccn(C)n1. The number of pyridine rings is 1. The molecule has 1 aromatic carbocycles. The zero-order valence-corrected chi connectivity index (χ0v) is 30.9. The van der Waals surface area contributed by atoms with Crippen LogP contribution in [-0.2, 0) is 16.6 Å². The van der Waals surface area contributed by atoms with E-state index in [1.54, 1.807) is 4.40 Å². The van der Waals surface area contributed by atoms with E-state index in [1.165, 1.54) is 7.11 Å². The molecule has 0 aliphatic carbocycles. The van der Waals surface area contributed by atoms with Crippen LogP contribution < -0.4 is 5.56 Å². The number of aromatic amines is 2. The van der Waals surface area contributed by atoms with E-state index in [0.29, 0.717) is 28.7 Å². The molecule has 0 saturated carbocycles. The van der Waals surface area contributed by atoms with E-state index in [0.717, 1.165) is 90.0 Å². The summed E-state index contributed by atoms with van der Waals surface area (Å²) in [5, 5.41) is 6.15. The Hall–Kier alpha value is -6.10. The molecule has 11 nitrogen and oxygen atoms in total. The predicted octanol–water partition coefficient (Wildman–Crippen LogP) is 8.27. The van der Waals surface area contributed by atoms with Crippen molar-refractivity contribution in [3.63, 3.8) is 0 Å². The molecule has 2 aliphatic rings. The van der Waals surface area contributed by atoms with Crippen LogP contribution in [0.1, 0.15) is 85.8 Å². The number of nitrogens with one attached hydrogen (secondary N) is 2. The number of aryl methyl sites for hydroxylation is 3. The second kappa shape index (κ2) is 12.0. The minimum Gasteiger partial charge on any atom is -0.469 e. The van der Waals surface area contributed by atoms with Gasteiger partial charge in [0, 0.05) is 59.2 Å². The van der Waals surface area contributed by atoms with Gasteiger partial charge in [0.25, 0.3) is 5.56 Å². The molecule has 11 heteroatoms. The smallest absolute Gasteiger partial charge is 0.305 e. The number of allylic oxidation sites excluding steroid dienone is 2. The quantitative estimate of drug-likeness (QED) is 0.172. The molecule has 7 aromatic rings. The molecule has 0 unspecified atom stereocenters. The van der Waals surface area contributed by atoms with E-state index in [-0.39, 0.29) is 29.8 Å². The molecule has 9 rings (SSSR count). The number of H-pyrrole nitrogens is 2. The molecular weight excluding hydrogens is 665 g/mol. The number of esters is 1. The number of carbonyl (C=O) groups is 1. The summed E-state index contributed by atoms with van der Waals surface area (Å²) in [6.07, 6.45) is 3.41. The summed E-state index contributed by atoms with van der Waals surface area (Å²) >= 11 is 0. The van der Waals surface area contributed by atoms with Gasteiger partial charge in [-0.25, -0.2) is 9.97 Å². The number of aromatic nitrogens is 8. The van der Waals surface area contributed by atoms with Crippen LogP contribution in [0.5, 0.6) is 0 Å². The summed E-state index contributed by atoms with van der Waals surface area (Å²) in [4.78, 5) is 50.6. The number of hydrogen-bond acceptors (Lipinski definition) is 7. The number of nitrogens with zero attached hydrogens (tertiary/aromatic N) is 6. The van der Waals surface area contributed by atoms with Crippen LogP contribution in [0.25, 0.3) is 71.9 Å². The van der Waals surface area contributed by atoms with Crippen molar-refractivity contribution in [2.24, 2.45) is 7.05 Å². The average molecular weight is 705 g/mol. The fourth-order valence-electron chi connectivity index (χ4n) is 8.54. The predicted molar refractivity (Wildman–Crippen MR) is 209 cm³/mol. The Morgan fingerprint density at radius 2 is 1.68 bits per heavy atom. The number of rotatable bonds is 5. The summed E-state index contributed by atoms with van der Waals surface area (Å²) in [6, 6.07) is 16.1. The normalized spacial score (nSPS) is 16.1. The molecule has 0 fully saturated rings. The van der Waals surface area contributed by atoms with Crippen molar-refractivity contribution in [1.29, 1.82) is 0 Å². The molecule has 0 radical (unpaired) electrons. The number of ether oxygens (including phenoxy) is 1. The molecule has 8 bridgehead atoms. The zero-order valence-electron chi connectivity index (χ0n) is 30.9. The largest absolute Gasteiger partial charge is 0.469 e. The summed E-state index contributed by atoms with van der Waals surface area (Å²) < 4.78 is 8.62. The van der Waals surface area contributed by atoms with Crippen LogP contribution in [-0.4, -0.2) is 52.2 Å². The molecule has 2 N–H and O–H groups in total. The summed E-state index contributed by atoms with van der Waals surface area (Å²) in [6.45, 7) is 10.6. The first-order chi connectivity index (χ1) is 25.6. The Bertz CT molecular complexity index is 2940. The number of methoxy groups -OCH3 is 1. The van der Waals surface area contributed by atoms with Gasteiger partial charge in [0.15, 0.2) is 5.65 Å².